The third-order valence-electron chi connectivity index (χ3n) is 6.01. The molecule has 1 saturated heterocycles. The third-order valence-corrected chi connectivity index (χ3v) is 6.01. The van der Waals surface area contributed by atoms with Crippen molar-refractivity contribution >= 4 is 11.3 Å². The molecule has 0 saturated carbocycles. The highest BCUT2D eigenvalue weighted by atomic mass is 19.4. The summed E-state index contributed by atoms with van der Waals surface area (Å²) >= 11 is 0. The molecule has 38 heavy (non-hydrogen) atoms. The summed E-state index contributed by atoms with van der Waals surface area (Å²) in [5.74, 6) is 1.59. The maximum Gasteiger partial charge on any atom is 0.416 e. The Balaban J connectivity index is 1.29. The molecule has 11 heteroatoms. The number of rotatable bonds is 7. The number of alkyl halides is 3. The number of nitriles is 1. The Kier molecular flexibility index (Phi) is 6.36. The molecule has 1 N–H and O–H groups in total. The smallest absolute Gasteiger partial charge is 0.416 e. The Morgan fingerprint density at radius 2 is 1.82 bits per heavy atom. The van der Waals surface area contributed by atoms with Crippen LogP contribution in [-0.4, -0.2) is 51.1 Å². The van der Waals surface area contributed by atoms with E-state index in [-0.39, 0.29) is 12.7 Å². The normalized spacial score (nSPS) is 14.3. The number of nitrogens with zero attached hydrogens (tertiary/aromatic N) is 5. The van der Waals surface area contributed by atoms with Crippen LogP contribution in [0.1, 0.15) is 25.0 Å². The minimum absolute atomic E-state index is 0.0756. The van der Waals surface area contributed by atoms with Gasteiger partial charge in [-0.2, -0.15) is 23.5 Å². The first kappa shape index (κ1) is 25.4. The molecule has 1 fully saturated rings. The largest absolute Gasteiger partial charge is 0.489 e. The van der Waals surface area contributed by atoms with Crippen LogP contribution in [0.4, 0.5) is 19.0 Å². The van der Waals surface area contributed by atoms with Crippen molar-refractivity contribution in [2.24, 2.45) is 0 Å². The van der Waals surface area contributed by atoms with Gasteiger partial charge in [0.25, 0.3) is 0 Å². The van der Waals surface area contributed by atoms with E-state index in [0.717, 1.165) is 23.5 Å². The van der Waals surface area contributed by atoms with Crippen molar-refractivity contribution in [3.05, 3.63) is 72.2 Å². The maximum atomic E-state index is 12.7. The molecule has 1 aliphatic heterocycles. The third kappa shape index (κ3) is 5.35. The van der Waals surface area contributed by atoms with E-state index in [0.29, 0.717) is 41.2 Å². The predicted molar refractivity (Wildman–Crippen MR) is 133 cm³/mol. The number of fused-ring (bicyclic) bond motifs is 1. The van der Waals surface area contributed by atoms with Gasteiger partial charge in [-0.15, -0.1) is 0 Å². The lowest BCUT2D eigenvalue weighted by Crippen LogP contribution is -2.54. The summed E-state index contributed by atoms with van der Waals surface area (Å²) in [6, 6.07) is 12.3. The second-order valence-electron chi connectivity index (χ2n) is 9.73. The van der Waals surface area contributed by atoms with Gasteiger partial charge in [0, 0.05) is 17.3 Å². The van der Waals surface area contributed by atoms with Gasteiger partial charge in [0.1, 0.15) is 36.1 Å². The van der Waals surface area contributed by atoms with E-state index < -0.39 is 17.3 Å². The Morgan fingerprint density at radius 3 is 2.42 bits per heavy atom. The van der Waals surface area contributed by atoms with Gasteiger partial charge in [0.15, 0.2) is 0 Å². The molecule has 4 aromatic rings. The molecular weight excluding hydrogens is 499 g/mol. The molecule has 3 aromatic heterocycles. The summed E-state index contributed by atoms with van der Waals surface area (Å²) in [5, 5.41) is 23.8. The Morgan fingerprint density at radius 1 is 1.08 bits per heavy atom. The number of hydrogen-bond donors (Lipinski definition) is 1. The summed E-state index contributed by atoms with van der Waals surface area (Å²) in [5.41, 5.74) is 0.747. The summed E-state index contributed by atoms with van der Waals surface area (Å²) in [4.78, 5) is 6.57. The van der Waals surface area contributed by atoms with Crippen LogP contribution in [0.25, 0.3) is 16.6 Å². The number of aliphatic hydroxyl groups is 1. The second-order valence-corrected chi connectivity index (χ2v) is 9.73. The molecule has 4 heterocycles. The summed E-state index contributed by atoms with van der Waals surface area (Å²) in [7, 11) is 0. The van der Waals surface area contributed by atoms with Gasteiger partial charge < -0.3 is 19.5 Å². The number of benzene rings is 1. The minimum Gasteiger partial charge on any atom is -0.489 e. The Labute approximate surface area is 216 Å². The van der Waals surface area contributed by atoms with Gasteiger partial charge in [-0.1, -0.05) is 0 Å². The topological polar surface area (TPSA) is 95.9 Å². The van der Waals surface area contributed by atoms with Crippen LogP contribution in [0.2, 0.25) is 0 Å². The number of anilines is 1. The molecule has 0 atom stereocenters. The summed E-state index contributed by atoms with van der Waals surface area (Å²) < 4.78 is 51.3. The van der Waals surface area contributed by atoms with Gasteiger partial charge in [0.2, 0.25) is 0 Å². The zero-order chi connectivity index (χ0) is 27.1. The number of aromatic nitrogens is 3. The molecule has 0 amide bonds. The first-order chi connectivity index (χ1) is 18.0. The van der Waals surface area contributed by atoms with Crippen molar-refractivity contribution in [1.82, 2.24) is 14.6 Å². The van der Waals surface area contributed by atoms with Crippen molar-refractivity contribution in [2.45, 2.75) is 31.7 Å². The Bertz CT molecular complexity index is 1480. The van der Waals surface area contributed by atoms with Crippen LogP contribution in [0.3, 0.4) is 0 Å². The molecule has 0 radical (unpaired) electrons. The van der Waals surface area contributed by atoms with Crippen molar-refractivity contribution in [1.29, 1.82) is 5.26 Å². The number of halogens is 3. The quantitative estimate of drug-likeness (QED) is 0.375. The van der Waals surface area contributed by atoms with E-state index in [1.54, 1.807) is 36.8 Å². The molecular formula is C27H24F3N5O3. The van der Waals surface area contributed by atoms with Crippen molar-refractivity contribution in [3.63, 3.8) is 0 Å². The van der Waals surface area contributed by atoms with Crippen molar-refractivity contribution < 1.29 is 27.8 Å². The van der Waals surface area contributed by atoms with Crippen LogP contribution in [0.15, 0.2) is 61.1 Å². The molecule has 1 aromatic carbocycles. The lowest BCUT2D eigenvalue weighted by Gasteiger charge is -2.39. The molecule has 0 bridgehead atoms. The molecule has 8 nitrogen and oxygen atoms in total. The average Bonchev–Trinajstić information content (AvgIpc) is 3.27. The monoisotopic (exact) mass is 523 g/mol. The molecule has 0 aliphatic carbocycles. The van der Waals surface area contributed by atoms with Crippen molar-refractivity contribution in [2.75, 3.05) is 24.6 Å². The van der Waals surface area contributed by atoms with Crippen molar-refractivity contribution in [3.8, 4) is 28.7 Å². The lowest BCUT2D eigenvalue weighted by atomic mass is 10.0. The first-order valence-electron chi connectivity index (χ1n) is 11.8. The highest BCUT2D eigenvalue weighted by Crippen LogP contribution is 2.33. The number of hydrogen-bond acceptors (Lipinski definition) is 7. The highest BCUT2D eigenvalue weighted by Gasteiger charge is 2.32. The highest BCUT2D eigenvalue weighted by molar-refractivity contribution is 5.85. The SMILES string of the molecule is CC(C)(O)COc1cc(-c2ccc(N3CC(Oc4ccc(C(F)(F)F)cc4)C3)nc2)c2c(C#N)cnn2c1. The van der Waals surface area contributed by atoms with Gasteiger partial charge in [0.05, 0.1) is 47.7 Å². The fraction of sp³-hybridized carbons (Fsp3) is 0.296. The minimum atomic E-state index is -4.38. The van der Waals surface area contributed by atoms with E-state index in [9.17, 15) is 23.5 Å². The van der Waals surface area contributed by atoms with E-state index in [1.165, 1.54) is 18.3 Å². The summed E-state index contributed by atoms with van der Waals surface area (Å²) in [6.07, 6.45) is 0.292. The number of ether oxygens (including phenoxy) is 2. The predicted octanol–water partition coefficient (Wildman–Crippen LogP) is 4.70. The lowest BCUT2D eigenvalue weighted by molar-refractivity contribution is -0.137. The van der Waals surface area contributed by atoms with Crippen LogP contribution < -0.4 is 14.4 Å². The average molecular weight is 524 g/mol. The van der Waals surface area contributed by atoms with E-state index in [2.05, 4.69) is 16.2 Å². The van der Waals surface area contributed by atoms with Gasteiger partial charge in [-0.25, -0.2) is 9.50 Å². The van der Waals surface area contributed by atoms with Crippen LogP contribution in [-0.2, 0) is 6.18 Å². The maximum absolute atomic E-state index is 12.7. The fourth-order valence-electron chi connectivity index (χ4n) is 4.08. The fourth-order valence-corrected chi connectivity index (χ4v) is 4.08. The summed E-state index contributed by atoms with van der Waals surface area (Å²) in [6.45, 7) is 4.45. The second kappa shape index (κ2) is 9.54. The van der Waals surface area contributed by atoms with Crippen LogP contribution >= 0.6 is 0 Å². The van der Waals surface area contributed by atoms with Gasteiger partial charge in [-0.05, 0) is 56.3 Å². The zero-order valence-corrected chi connectivity index (χ0v) is 20.6. The molecule has 0 unspecified atom stereocenters. The molecule has 5 rings (SSSR count). The number of pyridine rings is 2. The van der Waals surface area contributed by atoms with Crippen LogP contribution in [0, 0.1) is 11.3 Å². The van der Waals surface area contributed by atoms with Gasteiger partial charge in [-0.3, -0.25) is 0 Å². The molecule has 1 aliphatic rings. The zero-order valence-electron chi connectivity index (χ0n) is 20.6. The first-order valence-corrected chi connectivity index (χ1v) is 11.8. The molecule has 196 valence electrons. The van der Waals surface area contributed by atoms with E-state index in [1.807, 2.05) is 17.0 Å². The van der Waals surface area contributed by atoms with Gasteiger partial charge >= 0.3 is 6.18 Å². The van der Waals surface area contributed by atoms with E-state index >= 15 is 0 Å². The Hall–Kier alpha value is -4.30. The molecule has 0 spiro atoms. The van der Waals surface area contributed by atoms with Crippen LogP contribution in [0.5, 0.6) is 11.5 Å². The standard InChI is InChI=1S/C27H24F3N5O3/c1-26(2,36)16-37-21-9-23(25-18(10-31)12-33-35(25)15-21)17-3-8-24(32-11-17)34-13-22(14-34)38-20-6-4-19(5-7-20)27(28,29)30/h3-9,11-12,15,22,36H,13-14,16H2,1-2H3. The van der Waals surface area contributed by atoms with E-state index in [4.69, 9.17) is 9.47 Å².